The van der Waals surface area contributed by atoms with E-state index in [0.29, 0.717) is 12.2 Å². The van der Waals surface area contributed by atoms with Crippen LogP contribution in [0.15, 0.2) is 48.5 Å². The second-order valence-electron chi connectivity index (χ2n) is 6.54. The normalized spacial score (nSPS) is 11.2. The molecule has 140 valence electrons. The smallest absolute Gasteiger partial charge is 0.240 e. The highest BCUT2D eigenvalue weighted by molar-refractivity contribution is 7.92. The van der Waals surface area contributed by atoms with Gasteiger partial charge in [-0.25, -0.2) is 8.42 Å². The van der Waals surface area contributed by atoms with E-state index >= 15 is 0 Å². The average molecular weight is 375 g/mol. The van der Waals surface area contributed by atoms with Crippen LogP contribution in [0.25, 0.3) is 0 Å². The molecule has 0 unspecified atom stereocenters. The van der Waals surface area contributed by atoms with E-state index in [1.165, 1.54) is 11.1 Å². The van der Waals surface area contributed by atoms with Gasteiger partial charge in [-0.2, -0.15) is 0 Å². The number of amides is 1. The van der Waals surface area contributed by atoms with Crippen molar-refractivity contribution >= 4 is 21.6 Å². The molecule has 2 aromatic carbocycles. The zero-order valence-corrected chi connectivity index (χ0v) is 16.3. The second-order valence-corrected chi connectivity index (χ2v) is 8.45. The molecule has 0 atom stereocenters. The van der Waals surface area contributed by atoms with Crippen LogP contribution in [0, 0.1) is 13.8 Å². The summed E-state index contributed by atoms with van der Waals surface area (Å²) in [5.74, 6) is -0.306. The largest absolute Gasteiger partial charge is 0.355 e. The number of carbonyl (C=O) groups is 1. The molecule has 0 saturated heterocycles. The first kappa shape index (κ1) is 20.0. The third-order valence-electron chi connectivity index (χ3n) is 4.09. The fourth-order valence-electron chi connectivity index (χ4n) is 2.57. The van der Waals surface area contributed by atoms with Crippen LogP contribution in [-0.2, 0) is 21.2 Å². The van der Waals surface area contributed by atoms with Crippen molar-refractivity contribution in [1.29, 1.82) is 0 Å². The molecule has 0 aliphatic carbocycles. The summed E-state index contributed by atoms with van der Waals surface area (Å²) in [7, 11) is -3.53. The zero-order valence-electron chi connectivity index (χ0n) is 15.5. The number of anilines is 1. The molecule has 0 radical (unpaired) electrons. The molecule has 0 fully saturated rings. The fraction of sp³-hybridized carbons (Fsp3) is 0.350. The van der Waals surface area contributed by atoms with Gasteiger partial charge in [-0.3, -0.25) is 9.10 Å². The topological polar surface area (TPSA) is 66.5 Å². The second kappa shape index (κ2) is 8.85. The molecule has 0 aromatic heterocycles. The van der Waals surface area contributed by atoms with Crippen molar-refractivity contribution in [2.24, 2.45) is 0 Å². The number of sulfonamides is 1. The highest BCUT2D eigenvalue weighted by Crippen LogP contribution is 2.17. The Hall–Kier alpha value is -2.34. The molecule has 0 heterocycles. The summed E-state index contributed by atoms with van der Waals surface area (Å²) in [4.78, 5) is 12.2. The minimum atomic E-state index is -3.53. The van der Waals surface area contributed by atoms with Gasteiger partial charge >= 0.3 is 0 Å². The maximum Gasteiger partial charge on any atom is 0.240 e. The van der Waals surface area contributed by atoms with Gasteiger partial charge in [0.25, 0.3) is 0 Å². The first-order valence-corrected chi connectivity index (χ1v) is 10.5. The number of rotatable bonds is 8. The SMILES string of the molecule is Cc1ccc(CCCNC(=O)CN(c2ccc(C)cc2)S(C)(=O)=O)cc1. The summed E-state index contributed by atoms with van der Waals surface area (Å²) in [6.45, 7) is 4.27. The Kier molecular flexibility index (Phi) is 6.80. The predicted molar refractivity (Wildman–Crippen MR) is 106 cm³/mol. The Morgan fingerprint density at radius 3 is 2.04 bits per heavy atom. The molecule has 6 heteroatoms. The molecule has 0 spiro atoms. The van der Waals surface area contributed by atoms with Crippen molar-refractivity contribution < 1.29 is 13.2 Å². The molecule has 0 aliphatic rings. The Morgan fingerprint density at radius 1 is 0.962 bits per heavy atom. The molecule has 1 amide bonds. The number of benzene rings is 2. The van der Waals surface area contributed by atoms with Gasteiger partial charge in [-0.15, -0.1) is 0 Å². The highest BCUT2D eigenvalue weighted by Gasteiger charge is 2.20. The summed E-state index contributed by atoms with van der Waals surface area (Å²) < 4.78 is 25.2. The highest BCUT2D eigenvalue weighted by atomic mass is 32.2. The Labute approximate surface area is 156 Å². The summed E-state index contributed by atoms with van der Waals surface area (Å²) in [6, 6.07) is 15.4. The van der Waals surface area contributed by atoms with Crippen molar-refractivity contribution in [3.05, 3.63) is 65.2 Å². The lowest BCUT2D eigenvalue weighted by Gasteiger charge is -2.22. The average Bonchev–Trinajstić information content (AvgIpc) is 2.58. The van der Waals surface area contributed by atoms with Crippen LogP contribution in [0.3, 0.4) is 0 Å². The minimum Gasteiger partial charge on any atom is -0.355 e. The number of nitrogens with zero attached hydrogens (tertiary/aromatic N) is 1. The lowest BCUT2D eigenvalue weighted by atomic mass is 10.1. The van der Waals surface area contributed by atoms with Gasteiger partial charge in [-0.05, 0) is 44.4 Å². The molecule has 0 bridgehead atoms. The summed E-state index contributed by atoms with van der Waals surface area (Å²) in [5.41, 5.74) is 3.97. The van der Waals surface area contributed by atoms with Crippen LogP contribution >= 0.6 is 0 Å². The van der Waals surface area contributed by atoms with Gasteiger partial charge in [0.1, 0.15) is 6.54 Å². The number of carbonyl (C=O) groups excluding carboxylic acids is 1. The van der Waals surface area contributed by atoms with Gasteiger partial charge in [0.05, 0.1) is 11.9 Å². The van der Waals surface area contributed by atoms with Crippen LogP contribution in [0.1, 0.15) is 23.1 Å². The zero-order chi connectivity index (χ0) is 19.2. The first-order valence-electron chi connectivity index (χ1n) is 8.62. The predicted octanol–water partition coefficient (Wildman–Crippen LogP) is 2.82. The number of nitrogens with one attached hydrogen (secondary N) is 1. The summed E-state index contributed by atoms with van der Waals surface area (Å²) in [5, 5.41) is 2.80. The van der Waals surface area contributed by atoms with Crippen molar-refractivity contribution in [3.63, 3.8) is 0 Å². The van der Waals surface area contributed by atoms with E-state index in [0.717, 1.165) is 29.0 Å². The Morgan fingerprint density at radius 2 is 1.50 bits per heavy atom. The van der Waals surface area contributed by atoms with Gasteiger partial charge in [0, 0.05) is 6.54 Å². The quantitative estimate of drug-likeness (QED) is 0.723. The summed E-state index contributed by atoms with van der Waals surface area (Å²) in [6.07, 6.45) is 2.78. The van der Waals surface area contributed by atoms with Crippen LogP contribution in [0.2, 0.25) is 0 Å². The van der Waals surface area contributed by atoms with Gasteiger partial charge < -0.3 is 5.32 Å². The number of hydrogen-bond acceptors (Lipinski definition) is 3. The molecule has 2 aromatic rings. The fourth-order valence-corrected chi connectivity index (χ4v) is 3.43. The Balaban J connectivity index is 1.87. The van der Waals surface area contributed by atoms with Crippen molar-refractivity contribution in [1.82, 2.24) is 5.32 Å². The molecule has 1 N–H and O–H groups in total. The molecular formula is C20H26N2O3S. The van der Waals surface area contributed by atoms with E-state index in [4.69, 9.17) is 0 Å². The van der Waals surface area contributed by atoms with Gasteiger partial charge in [0.2, 0.25) is 15.9 Å². The van der Waals surface area contributed by atoms with E-state index in [1.807, 2.05) is 26.0 Å². The lowest BCUT2D eigenvalue weighted by molar-refractivity contribution is -0.119. The van der Waals surface area contributed by atoms with Crippen LogP contribution in [0.4, 0.5) is 5.69 Å². The number of hydrogen-bond donors (Lipinski definition) is 1. The van der Waals surface area contributed by atoms with Crippen molar-refractivity contribution in [3.8, 4) is 0 Å². The van der Waals surface area contributed by atoms with Crippen LogP contribution in [0.5, 0.6) is 0 Å². The van der Waals surface area contributed by atoms with Crippen molar-refractivity contribution in [2.75, 3.05) is 23.7 Å². The lowest BCUT2D eigenvalue weighted by Crippen LogP contribution is -2.40. The standard InChI is InChI=1S/C20H26N2O3S/c1-16-6-10-18(11-7-16)5-4-14-21-20(23)15-22(26(3,24)25)19-12-8-17(2)9-13-19/h6-13H,4-5,14-15H2,1-3H3,(H,21,23). The van der Waals surface area contributed by atoms with E-state index in [-0.39, 0.29) is 12.5 Å². The molecule has 2 rings (SSSR count). The van der Waals surface area contributed by atoms with E-state index in [9.17, 15) is 13.2 Å². The first-order chi connectivity index (χ1) is 12.3. The number of aryl methyl sites for hydroxylation is 3. The van der Waals surface area contributed by atoms with E-state index in [1.54, 1.807) is 12.1 Å². The molecule has 26 heavy (non-hydrogen) atoms. The van der Waals surface area contributed by atoms with E-state index in [2.05, 4.69) is 29.6 Å². The maximum absolute atomic E-state index is 12.2. The Bertz CT molecular complexity index is 828. The molecular weight excluding hydrogens is 348 g/mol. The summed E-state index contributed by atoms with van der Waals surface area (Å²) >= 11 is 0. The molecule has 0 saturated carbocycles. The van der Waals surface area contributed by atoms with Gasteiger partial charge in [0.15, 0.2) is 0 Å². The van der Waals surface area contributed by atoms with E-state index < -0.39 is 10.0 Å². The van der Waals surface area contributed by atoms with Crippen LogP contribution in [-0.4, -0.2) is 33.7 Å². The molecule has 5 nitrogen and oxygen atoms in total. The van der Waals surface area contributed by atoms with Gasteiger partial charge in [-0.1, -0.05) is 47.5 Å². The van der Waals surface area contributed by atoms with Crippen molar-refractivity contribution in [2.45, 2.75) is 26.7 Å². The third-order valence-corrected chi connectivity index (χ3v) is 5.24. The van der Waals surface area contributed by atoms with Crippen LogP contribution < -0.4 is 9.62 Å². The minimum absolute atomic E-state index is 0.216. The molecule has 0 aliphatic heterocycles. The monoisotopic (exact) mass is 374 g/mol. The third kappa shape index (κ3) is 6.19. The maximum atomic E-state index is 12.2.